The summed E-state index contributed by atoms with van der Waals surface area (Å²) >= 11 is 2.40. The highest BCUT2D eigenvalue weighted by Gasteiger charge is 2.26. The van der Waals surface area contributed by atoms with Gasteiger partial charge in [-0.3, -0.25) is 0 Å². The van der Waals surface area contributed by atoms with Crippen LogP contribution in [0.25, 0.3) is 0 Å². The van der Waals surface area contributed by atoms with Gasteiger partial charge in [0.2, 0.25) is 0 Å². The van der Waals surface area contributed by atoms with E-state index in [1.807, 2.05) is 12.1 Å². The summed E-state index contributed by atoms with van der Waals surface area (Å²) in [5, 5.41) is 3.55. The number of benzene rings is 4. The van der Waals surface area contributed by atoms with Crippen LogP contribution in [0.1, 0.15) is 39.7 Å². The van der Waals surface area contributed by atoms with Crippen molar-refractivity contribution in [2.24, 2.45) is 0 Å². The maximum Gasteiger partial charge on any atom is 0.127 e. The van der Waals surface area contributed by atoms with E-state index in [-0.39, 0.29) is 17.7 Å². The van der Waals surface area contributed by atoms with Gasteiger partial charge < -0.3 is 5.32 Å². The maximum absolute atomic E-state index is 14.2. The lowest BCUT2D eigenvalue weighted by Crippen LogP contribution is -2.26. The fraction of sp³-hybridized carbons (Fsp3) is 0.172. The Balaban J connectivity index is 1.69. The highest BCUT2D eigenvalue weighted by atomic mass is 127. The second kappa shape index (κ2) is 11.4. The molecule has 162 valence electrons. The van der Waals surface area contributed by atoms with E-state index in [2.05, 4.69) is 113 Å². The molecule has 0 heterocycles. The second-order valence-electron chi connectivity index (χ2n) is 8.00. The number of halogens is 2. The highest BCUT2D eigenvalue weighted by molar-refractivity contribution is 14.1. The molecule has 1 N–H and O–H groups in total. The monoisotopic (exact) mass is 535 g/mol. The van der Waals surface area contributed by atoms with Crippen molar-refractivity contribution in [3.63, 3.8) is 0 Å². The quantitative estimate of drug-likeness (QED) is 0.173. The Morgan fingerprint density at radius 3 is 1.78 bits per heavy atom. The van der Waals surface area contributed by atoms with Crippen molar-refractivity contribution in [2.75, 3.05) is 6.54 Å². The lowest BCUT2D eigenvalue weighted by molar-refractivity contribution is 0.524. The van der Waals surface area contributed by atoms with Crippen LogP contribution in [-0.2, 0) is 11.0 Å². The standard InChI is InChI=1S/C29H27FIN/c30-28-14-8-7-13-26(28)20-32-21-27(23-17-15-22(19-31)16-18-23)29(24-9-3-1-4-10-24)25-11-5-2-6-12-25/h1-18,27,29,32H,19-21H2. The Bertz CT molecular complexity index is 1060. The first-order chi connectivity index (χ1) is 15.8. The van der Waals surface area contributed by atoms with Crippen molar-refractivity contribution in [1.29, 1.82) is 0 Å². The van der Waals surface area contributed by atoms with E-state index in [1.54, 1.807) is 6.07 Å². The summed E-state index contributed by atoms with van der Waals surface area (Å²) in [6.45, 7) is 1.25. The van der Waals surface area contributed by atoms with Crippen LogP contribution >= 0.6 is 22.6 Å². The summed E-state index contributed by atoms with van der Waals surface area (Å²) in [5.74, 6) is 0.233. The Kier molecular flexibility index (Phi) is 8.07. The summed E-state index contributed by atoms with van der Waals surface area (Å²) in [5.41, 5.74) is 5.88. The van der Waals surface area contributed by atoms with E-state index in [4.69, 9.17) is 0 Å². The van der Waals surface area contributed by atoms with Crippen LogP contribution in [-0.4, -0.2) is 6.54 Å². The molecule has 4 aromatic rings. The lowest BCUT2D eigenvalue weighted by atomic mass is 9.77. The third kappa shape index (κ3) is 5.64. The molecule has 0 spiro atoms. The molecule has 4 rings (SSSR count). The van der Waals surface area contributed by atoms with Crippen molar-refractivity contribution < 1.29 is 4.39 Å². The minimum absolute atomic E-state index is 0.161. The van der Waals surface area contributed by atoms with Crippen molar-refractivity contribution in [1.82, 2.24) is 5.32 Å². The predicted octanol–water partition coefficient (Wildman–Crippen LogP) is 7.47. The number of alkyl halides is 1. The van der Waals surface area contributed by atoms with E-state index in [0.717, 1.165) is 11.0 Å². The van der Waals surface area contributed by atoms with Crippen LogP contribution in [0.2, 0.25) is 0 Å². The van der Waals surface area contributed by atoms with E-state index in [1.165, 1.54) is 28.3 Å². The van der Waals surface area contributed by atoms with Crippen LogP contribution in [0.4, 0.5) is 4.39 Å². The molecule has 0 saturated carbocycles. The van der Waals surface area contributed by atoms with Crippen molar-refractivity contribution in [2.45, 2.75) is 22.8 Å². The van der Waals surface area contributed by atoms with Gasteiger partial charge in [-0.25, -0.2) is 4.39 Å². The smallest absolute Gasteiger partial charge is 0.127 e. The first-order valence-corrected chi connectivity index (χ1v) is 12.5. The first kappa shape index (κ1) is 22.7. The molecule has 4 aromatic carbocycles. The molecule has 1 atom stereocenters. The van der Waals surface area contributed by atoms with Gasteiger partial charge in [0.15, 0.2) is 0 Å². The normalized spacial score (nSPS) is 12.1. The predicted molar refractivity (Wildman–Crippen MR) is 140 cm³/mol. The summed E-state index contributed by atoms with van der Waals surface area (Å²) in [6, 6.07) is 37.3. The molecule has 0 aromatic heterocycles. The number of hydrogen-bond acceptors (Lipinski definition) is 1. The zero-order valence-corrected chi connectivity index (χ0v) is 20.1. The highest BCUT2D eigenvalue weighted by Crippen LogP contribution is 2.38. The number of rotatable bonds is 9. The Labute approximate surface area is 203 Å². The zero-order chi connectivity index (χ0) is 22.2. The fourth-order valence-electron chi connectivity index (χ4n) is 4.26. The van der Waals surface area contributed by atoms with Crippen LogP contribution in [0, 0.1) is 5.82 Å². The fourth-order valence-corrected chi connectivity index (χ4v) is 4.77. The Morgan fingerprint density at radius 2 is 1.22 bits per heavy atom. The molecule has 0 fully saturated rings. The minimum atomic E-state index is -0.161. The molecule has 32 heavy (non-hydrogen) atoms. The third-order valence-corrected chi connectivity index (χ3v) is 6.80. The van der Waals surface area contributed by atoms with Gasteiger partial charge in [-0.05, 0) is 28.3 Å². The lowest BCUT2D eigenvalue weighted by Gasteiger charge is -2.29. The van der Waals surface area contributed by atoms with Crippen LogP contribution in [0.5, 0.6) is 0 Å². The second-order valence-corrected chi connectivity index (χ2v) is 8.77. The van der Waals surface area contributed by atoms with Gasteiger partial charge in [0, 0.05) is 34.9 Å². The van der Waals surface area contributed by atoms with Gasteiger partial charge in [0.25, 0.3) is 0 Å². The summed E-state index contributed by atoms with van der Waals surface area (Å²) in [6.07, 6.45) is 0. The molecular weight excluding hydrogens is 508 g/mol. The Morgan fingerprint density at radius 1 is 0.656 bits per heavy atom. The molecule has 0 aliphatic heterocycles. The molecule has 1 unspecified atom stereocenters. The summed E-state index contributed by atoms with van der Waals surface area (Å²) in [7, 11) is 0. The van der Waals surface area contributed by atoms with Gasteiger partial charge in [0.05, 0.1) is 0 Å². The minimum Gasteiger partial charge on any atom is -0.312 e. The molecule has 0 amide bonds. The SMILES string of the molecule is Fc1ccccc1CNCC(c1ccc(CI)cc1)C(c1ccccc1)c1ccccc1. The van der Waals surface area contributed by atoms with Crippen molar-refractivity contribution in [3.8, 4) is 0 Å². The van der Waals surface area contributed by atoms with Gasteiger partial charge in [-0.1, -0.05) is 126 Å². The van der Waals surface area contributed by atoms with Crippen LogP contribution in [0.3, 0.4) is 0 Å². The van der Waals surface area contributed by atoms with Crippen molar-refractivity contribution >= 4 is 22.6 Å². The molecule has 0 aliphatic rings. The van der Waals surface area contributed by atoms with Crippen LogP contribution < -0.4 is 5.32 Å². The van der Waals surface area contributed by atoms with Crippen molar-refractivity contribution in [3.05, 3.63) is 143 Å². The molecule has 0 aliphatic carbocycles. The topological polar surface area (TPSA) is 12.0 Å². The maximum atomic E-state index is 14.2. The summed E-state index contributed by atoms with van der Waals surface area (Å²) < 4.78 is 15.2. The molecule has 0 saturated heterocycles. The number of nitrogens with one attached hydrogen (secondary N) is 1. The molecular formula is C29H27FIN. The van der Waals surface area contributed by atoms with E-state index in [9.17, 15) is 4.39 Å². The van der Waals surface area contributed by atoms with E-state index >= 15 is 0 Å². The zero-order valence-electron chi connectivity index (χ0n) is 17.9. The van der Waals surface area contributed by atoms with E-state index in [0.29, 0.717) is 12.1 Å². The molecule has 1 nitrogen and oxygen atoms in total. The summed E-state index contributed by atoms with van der Waals surface area (Å²) in [4.78, 5) is 0. The molecule has 0 radical (unpaired) electrons. The average Bonchev–Trinajstić information content (AvgIpc) is 2.86. The molecule has 0 bridgehead atoms. The first-order valence-electron chi connectivity index (χ1n) is 10.9. The average molecular weight is 535 g/mol. The van der Waals surface area contributed by atoms with Gasteiger partial charge in [0.1, 0.15) is 5.82 Å². The van der Waals surface area contributed by atoms with Gasteiger partial charge >= 0.3 is 0 Å². The third-order valence-electron chi connectivity index (χ3n) is 5.92. The van der Waals surface area contributed by atoms with E-state index < -0.39 is 0 Å². The Hall–Kier alpha value is -2.50. The van der Waals surface area contributed by atoms with Crippen LogP contribution in [0.15, 0.2) is 109 Å². The largest absolute Gasteiger partial charge is 0.312 e. The van der Waals surface area contributed by atoms with Gasteiger partial charge in [-0.15, -0.1) is 0 Å². The number of hydrogen-bond donors (Lipinski definition) is 1. The van der Waals surface area contributed by atoms with Gasteiger partial charge in [-0.2, -0.15) is 0 Å². The molecule has 3 heteroatoms.